The maximum absolute atomic E-state index is 12.8. The molecule has 1 fully saturated rings. The summed E-state index contributed by atoms with van der Waals surface area (Å²) in [5.74, 6) is 2.67. The minimum atomic E-state index is -0.0780. The van der Waals surface area contributed by atoms with Gasteiger partial charge in [0.25, 0.3) is 0 Å². The van der Waals surface area contributed by atoms with Crippen LogP contribution in [0.1, 0.15) is 64.6 Å². The Morgan fingerprint density at radius 3 is 2.37 bits per heavy atom. The molecule has 2 aliphatic heterocycles. The summed E-state index contributed by atoms with van der Waals surface area (Å²) in [6.07, 6.45) is 2.89. The Hall–Kier alpha value is -1.75. The largest absolute Gasteiger partial charge is 0.493 e. The Kier molecular flexibility index (Phi) is 7.33. The van der Waals surface area contributed by atoms with Crippen molar-refractivity contribution in [2.45, 2.75) is 66.0 Å². The number of rotatable bonds is 7. The number of hydrogen-bond donors (Lipinski definition) is 0. The molecule has 0 bridgehead atoms. The Morgan fingerprint density at radius 2 is 1.77 bits per heavy atom. The van der Waals surface area contributed by atoms with Crippen molar-refractivity contribution in [2.24, 2.45) is 23.7 Å². The average Bonchev–Trinajstić information content (AvgIpc) is 2.71. The van der Waals surface area contributed by atoms with Crippen molar-refractivity contribution in [3.05, 3.63) is 23.3 Å². The van der Waals surface area contributed by atoms with Crippen molar-refractivity contribution in [3.63, 3.8) is 0 Å². The van der Waals surface area contributed by atoms with Gasteiger partial charge in [0.15, 0.2) is 11.5 Å². The molecule has 30 heavy (non-hydrogen) atoms. The van der Waals surface area contributed by atoms with E-state index in [1.807, 2.05) is 6.92 Å². The van der Waals surface area contributed by atoms with Crippen LogP contribution in [0.2, 0.25) is 0 Å². The molecule has 2 aliphatic rings. The Labute approximate surface area is 182 Å². The zero-order valence-corrected chi connectivity index (χ0v) is 19.7. The van der Waals surface area contributed by atoms with E-state index in [1.54, 1.807) is 14.2 Å². The van der Waals surface area contributed by atoms with Gasteiger partial charge in [-0.1, -0.05) is 34.6 Å². The van der Waals surface area contributed by atoms with Crippen LogP contribution in [0, 0.1) is 23.7 Å². The molecular formula is C25H39NO4. The van der Waals surface area contributed by atoms with Gasteiger partial charge in [-0.2, -0.15) is 0 Å². The van der Waals surface area contributed by atoms with Gasteiger partial charge in [0, 0.05) is 31.5 Å². The summed E-state index contributed by atoms with van der Waals surface area (Å²) in [6, 6.07) is 4.50. The molecule has 1 aromatic carbocycles. The van der Waals surface area contributed by atoms with Crippen molar-refractivity contribution in [1.82, 2.24) is 4.90 Å². The highest BCUT2D eigenvalue weighted by Gasteiger charge is 2.41. The van der Waals surface area contributed by atoms with Crippen LogP contribution in [0.25, 0.3) is 0 Å². The molecule has 0 saturated carbocycles. The second-order valence-electron chi connectivity index (χ2n) is 9.80. The normalized spacial score (nSPS) is 24.9. The van der Waals surface area contributed by atoms with Gasteiger partial charge in [0.2, 0.25) is 0 Å². The minimum Gasteiger partial charge on any atom is -0.493 e. The fraction of sp³-hybridized carbons (Fsp3) is 0.720. The van der Waals surface area contributed by atoms with Crippen molar-refractivity contribution < 1.29 is 19.0 Å². The summed E-state index contributed by atoms with van der Waals surface area (Å²) >= 11 is 0. The standard InChI is InChI=1S/C25H39NO4/c1-15(2)10-19-14-26-9-8-18-11-23(28-6)24(29-7)12-20(18)21(26)13-22(19)30-25(27)17(5)16(3)4/h11-12,15-17,19,21-22H,8-10,13-14H2,1-7H3/t17-,19?,21?,22?/m1/s1. The lowest BCUT2D eigenvalue weighted by molar-refractivity contribution is -0.163. The summed E-state index contributed by atoms with van der Waals surface area (Å²) in [5.41, 5.74) is 2.61. The summed E-state index contributed by atoms with van der Waals surface area (Å²) in [7, 11) is 3.37. The van der Waals surface area contributed by atoms with E-state index in [9.17, 15) is 4.79 Å². The molecule has 5 nitrogen and oxygen atoms in total. The summed E-state index contributed by atoms with van der Waals surface area (Å²) in [6.45, 7) is 12.7. The molecule has 0 aromatic heterocycles. The van der Waals surface area contributed by atoms with E-state index >= 15 is 0 Å². The predicted octanol–water partition coefficient (Wildman–Crippen LogP) is 4.87. The van der Waals surface area contributed by atoms with Gasteiger partial charge in [0.05, 0.1) is 20.1 Å². The lowest BCUT2D eigenvalue weighted by atomic mass is 9.79. The van der Waals surface area contributed by atoms with Crippen LogP contribution >= 0.6 is 0 Å². The number of nitrogens with zero attached hydrogens (tertiary/aromatic N) is 1. The third-order valence-corrected chi connectivity index (χ3v) is 6.98. The Bertz CT molecular complexity index is 745. The van der Waals surface area contributed by atoms with Crippen molar-refractivity contribution >= 4 is 5.97 Å². The summed E-state index contributed by atoms with van der Waals surface area (Å²) in [4.78, 5) is 15.4. The van der Waals surface area contributed by atoms with E-state index in [1.165, 1.54) is 11.1 Å². The number of hydrogen-bond acceptors (Lipinski definition) is 5. The maximum atomic E-state index is 12.8. The van der Waals surface area contributed by atoms with E-state index in [0.29, 0.717) is 11.8 Å². The minimum absolute atomic E-state index is 0.0404. The first-order valence-corrected chi connectivity index (χ1v) is 11.4. The fourth-order valence-electron chi connectivity index (χ4n) is 4.91. The average molecular weight is 418 g/mol. The van der Waals surface area contributed by atoms with E-state index in [4.69, 9.17) is 14.2 Å². The molecule has 3 unspecified atom stereocenters. The molecule has 0 spiro atoms. The molecule has 3 rings (SSSR count). The molecular weight excluding hydrogens is 378 g/mol. The van der Waals surface area contributed by atoms with E-state index < -0.39 is 0 Å². The maximum Gasteiger partial charge on any atom is 0.309 e. The van der Waals surface area contributed by atoms with Crippen LogP contribution in [-0.2, 0) is 16.0 Å². The summed E-state index contributed by atoms with van der Waals surface area (Å²) in [5, 5.41) is 0. The third-order valence-electron chi connectivity index (χ3n) is 6.98. The van der Waals surface area contributed by atoms with Gasteiger partial charge >= 0.3 is 5.97 Å². The van der Waals surface area contributed by atoms with Gasteiger partial charge in [-0.05, 0) is 47.9 Å². The highest BCUT2D eigenvalue weighted by molar-refractivity contribution is 5.72. The molecule has 1 saturated heterocycles. The zero-order chi connectivity index (χ0) is 22.0. The molecule has 168 valence electrons. The van der Waals surface area contributed by atoms with Gasteiger partial charge in [0.1, 0.15) is 6.10 Å². The second-order valence-corrected chi connectivity index (χ2v) is 9.80. The number of ether oxygens (including phenoxy) is 3. The van der Waals surface area contributed by atoms with E-state index in [-0.39, 0.29) is 30.0 Å². The molecule has 0 aliphatic carbocycles. The van der Waals surface area contributed by atoms with Crippen LogP contribution in [0.15, 0.2) is 12.1 Å². The molecule has 0 amide bonds. The SMILES string of the molecule is COc1cc2c(cc1OC)C1CC(OC(=O)[C@H](C)C(C)C)C(CC(C)C)CN1CC2. The lowest BCUT2D eigenvalue weighted by Crippen LogP contribution is -2.50. The first-order valence-electron chi connectivity index (χ1n) is 11.4. The Balaban J connectivity index is 1.88. The van der Waals surface area contributed by atoms with E-state index in [2.05, 4.69) is 44.7 Å². The molecule has 2 heterocycles. The highest BCUT2D eigenvalue weighted by Crippen LogP contribution is 2.44. The zero-order valence-electron chi connectivity index (χ0n) is 19.7. The molecule has 0 N–H and O–H groups in total. The van der Waals surface area contributed by atoms with Gasteiger partial charge in [-0.15, -0.1) is 0 Å². The quantitative estimate of drug-likeness (QED) is 0.592. The lowest BCUT2D eigenvalue weighted by Gasteiger charge is -2.47. The monoisotopic (exact) mass is 417 g/mol. The molecule has 5 heteroatoms. The van der Waals surface area contributed by atoms with Crippen molar-refractivity contribution in [2.75, 3.05) is 27.3 Å². The van der Waals surface area contributed by atoms with Crippen LogP contribution in [0.4, 0.5) is 0 Å². The number of carbonyl (C=O) groups excluding carboxylic acids is 1. The second kappa shape index (κ2) is 9.59. The number of methoxy groups -OCH3 is 2. The Morgan fingerprint density at radius 1 is 1.10 bits per heavy atom. The van der Waals surface area contributed by atoms with Crippen LogP contribution in [-0.4, -0.2) is 44.3 Å². The van der Waals surface area contributed by atoms with Gasteiger partial charge in [-0.3, -0.25) is 9.69 Å². The molecule has 1 aromatic rings. The molecule has 4 atom stereocenters. The van der Waals surface area contributed by atoms with Gasteiger partial charge in [-0.25, -0.2) is 0 Å². The number of fused-ring (bicyclic) bond motifs is 3. The third kappa shape index (κ3) is 4.77. The van der Waals surface area contributed by atoms with Crippen LogP contribution < -0.4 is 9.47 Å². The predicted molar refractivity (Wildman–Crippen MR) is 119 cm³/mol. The van der Waals surface area contributed by atoms with E-state index in [0.717, 1.165) is 43.9 Å². The van der Waals surface area contributed by atoms with Crippen LogP contribution in [0.5, 0.6) is 11.5 Å². The van der Waals surface area contributed by atoms with Crippen molar-refractivity contribution in [1.29, 1.82) is 0 Å². The smallest absolute Gasteiger partial charge is 0.309 e. The number of carbonyl (C=O) groups is 1. The van der Waals surface area contributed by atoms with Crippen LogP contribution in [0.3, 0.4) is 0 Å². The number of esters is 1. The number of benzene rings is 1. The van der Waals surface area contributed by atoms with Gasteiger partial charge < -0.3 is 14.2 Å². The molecule has 0 radical (unpaired) electrons. The first kappa shape index (κ1) is 22.9. The van der Waals surface area contributed by atoms with Crippen molar-refractivity contribution in [3.8, 4) is 11.5 Å². The summed E-state index contributed by atoms with van der Waals surface area (Å²) < 4.78 is 17.3. The highest BCUT2D eigenvalue weighted by atomic mass is 16.5. The fourth-order valence-corrected chi connectivity index (χ4v) is 4.91. The number of piperidine rings is 1. The first-order chi connectivity index (χ1) is 14.2. The topological polar surface area (TPSA) is 48.0 Å².